The lowest BCUT2D eigenvalue weighted by Crippen LogP contribution is -2.41. The first kappa shape index (κ1) is 22.5. The summed E-state index contributed by atoms with van der Waals surface area (Å²) in [5.74, 6) is -3.84. The van der Waals surface area contributed by atoms with Gasteiger partial charge in [-0.15, -0.1) is 0 Å². The van der Waals surface area contributed by atoms with Crippen LogP contribution in [0.5, 0.6) is 0 Å². The van der Waals surface area contributed by atoms with E-state index in [9.17, 15) is 23.6 Å². The first-order chi connectivity index (χ1) is 15.2. The predicted molar refractivity (Wildman–Crippen MR) is 111 cm³/mol. The number of carbonyl (C=O) groups is 3. The van der Waals surface area contributed by atoms with Gasteiger partial charge in [0.25, 0.3) is 11.5 Å². The van der Waals surface area contributed by atoms with Crippen LogP contribution in [-0.4, -0.2) is 48.6 Å². The maximum absolute atomic E-state index is 14.5. The Hall–Kier alpha value is -4.22. The van der Waals surface area contributed by atoms with Crippen LogP contribution in [0.3, 0.4) is 0 Å². The summed E-state index contributed by atoms with van der Waals surface area (Å²) in [5, 5.41) is 20.3. The molecule has 11 nitrogen and oxygen atoms in total. The van der Waals surface area contributed by atoms with Crippen molar-refractivity contribution in [1.29, 1.82) is 0 Å². The number of nitrogens with two attached hydrogens (primary N) is 1. The molecule has 0 aliphatic carbocycles. The quantitative estimate of drug-likeness (QED) is 0.320. The van der Waals surface area contributed by atoms with E-state index in [0.717, 1.165) is 6.07 Å². The van der Waals surface area contributed by atoms with Gasteiger partial charge in [0.05, 0.1) is 11.7 Å². The van der Waals surface area contributed by atoms with E-state index in [1.807, 2.05) is 0 Å². The molecule has 0 bridgehead atoms. The molecule has 0 saturated heterocycles. The van der Waals surface area contributed by atoms with E-state index in [4.69, 9.17) is 15.9 Å². The second kappa shape index (κ2) is 9.29. The van der Waals surface area contributed by atoms with Gasteiger partial charge >= 0.3 is 11.9 Å². The first-order valence-electron chi connectivity index (χ1n) is 9.53. The van der Waals surface area contributed by atoms with Gasteiger partial charge in [0, 0.05) is 18.5 Å². The number of aryl methyl sites for hydroxylation is 2. The number of amides is 1. The highest BCUT2D eigenvalue weighted by Crippen LogP contribution is 2.14. The molecule has 1 atom stereocenters. The summed E-state index contributed by atoms with van der Waals surface area (Å²) in [6.45, 7) is 0.131. The summed E-state index contributed by atoms with van der Waals surface area (Å²) in [6, 6.07) is 3.69. The number of fused-ring (bicyclic) bond motifs is 1. The van der Waals surface area contributed by atoms with Gasteiger partial charge in [0.2, 0.25) is 0 Å². The normalized spacial score (nSPS) is 11.9. The zero-order valence-electron chi connectivity index (χ0n) is 16.7. The Morgan fingerprint density at radius 3 is 2.66 bits per heavy atom. The third-order valence-electron chi connectivity index (χ3n) is 4.82. The van der Waals surface area contributed by atoms with Gasteiger partial charge in [0.15, 0.2) is 0 Å². The van der Waals surface area contributed by atoms with E-state index in [0.29, 0.717) is 16.9 Å². The van der Waals surface area contributed by atoms with Crippen LogP contribution in [0.1, 0.15) is 28.8 Å². The summed E-state index contributed by atoms with van der Waals surface area (Å²) in [5.41, 5.74) is 5.77. The lowest BCUT2D eigenvalue weighted by molar-refractivity contribution is -0.140. The zero-order chi connectivity index (χ0) is 23.4. The number of rotatable bonds is 9. The smallest absolute Gasteiger partial charge is 0.326 e. The fourth-order valence-electron chi connectivity index (χ4n) is 3.12. The predicted octanol–water partition coefficient (Wildman–Crippen LogP) is 0.736. The van der Waals surface area contributed by atoms with Gasteiger partial charge in [-0.2, -0.15) is 0 Å². The number of nitrogens with one attached hydrogen (secondary N) is 2. The highest BCUT2D eigenvalue weighted by molar-refractivity contribution is 5.96. The highest BCUT2D eigenvalue weighted by atomic mass is 19.1. The molecule has 0 aliphatic rings. The van der Waals surface area contributed by atoms with Crippen molar-refractivity contribution >= 4 is 34.7 Å². The molecule has 3 rings (SSSR count). The van der Waals surface area contributed by atoms with E-state index in [-0.39, 0.29) is 36.1 Å². The summed E-state index contributed by atoms with van der Waals surface area (Å²) >= 11 is 0. The fourth-order valence-corrected chi connectivity index (χ4v) is 3.12. The molecule has 168 valence electrons. The van der Waals surface area contributed by atoms with Crippen molar-refractivity contribution in [2.75, 3.05) is 5.73 Å². The number of aliphatic carboxylic acids is 2. The molecule has 0 fully saturated rings. The molecule has 0 radical (unpaired) electrons. The van der Waals surface area contributed by atoms with Crippen LogP contribution < -0.4 is 16.6 Å². The maximum Gasteiger partial charge on any atom is 0.326 e. The largest absolute Gasteiger partial charge is 0.481 e. The topological polar surface area (TPSA) is 180 Å². The zero-order valence-corrected chi connectivity index (χ0v) is 16.7. The number of carboxylic acids is 2. The summed E-state index contributed by atoms with van der Waals surface area (Å²) in [6.07, 6.45) is 0.706. The summed E-state index contributed by atoms with van der Waals surface area (Å²) in [4.78, 5) is 53.4. The van der Waals surface area contributed by atoms with Gasteiger partial charge < -0.3 is 26.2 Å². The maximum atomic E-state index is 14.5. The van der Waals surface area contributed by atoms with Crippen LogP contribution >= 0.6 is 0 Å². The molecule has 0 aliphatic heterocycles. The number of nitrogens with zero attached hydrogens (tertiary/aromatic N) is 2. The number of hydrogen-bond donors (Lipinski definition) is 5. The van der Waals surface area contributed by atoms with Gasteiger partial charge in [-0.05, 0) is 36.6 Å². The van der Waals surface area contributed by atoms with Crippen molar-refractivity contribution in [2.45, 2.75) is 31.8 Å². The number of aromatic nitrogens is 3. The first-order valence-corrected chi connectivity index (χ1v) is 9.53. The summed E-state index contributed by atoms with van der Waals surface area (Å²) < 4.78 is 15.8. The van der Waals surface area contributed by atoms with Crippen LogP contribution in [0.15, 0.2) is 35.4 Å². The molecule has 1 amide bonds. The summed E-state index contributed by atoms with van der Waals surface area (Å²) in [7, 11) is 0. The van der Waals surface area contributed by atoms with Gasteiger partial charge in [-0.1, -0.05) is 6.07 Å². The monoisotopic (exact) mass is 445 g/mol. The molecule has 2 aromatic heterocycles. The Morgan fingerprint density at radius 2 is 2.00 bits per heavy atom. The molecular formula is C20H20FN5O6. The fraction of sp³-hybridized carbons (Fsp3) is 0.250. The second-order valence-electron chi connectivity index (χ2n) is 7.08. The molecule has 0 saturated carbocycles. The number of halogens is 1. The molecule has 2 heterocycles. The minimum Gasteiger partial charge on any atom is -0.481 e. The average Bonchev–Trinajstić information content (AvgIpc) is 3.12. The van der Waals surface area contributed by atoms with Crippen LogP contribution in [-0.2, 0) is 22.6 Å². The number of aromatic amines is 1. The Morgan fingerprint density at radius 1 is 1.25 bits per heavy atom. The van der Waals surface area contributed by atoms with Crippen molar-refractivity contribution in [1.82, 2.24) is 19.9 Å². The Labute approximate surface area is 179 Å². The minimum atomic E-state index is -1.42. The van der Waals surface area contributed by atoms with Crippen LogP contribution in [0.25, 0.3) is 11.0 Å². The lowest BCUT2D eigenvalue weighted by Gasteiger charge is -2.14. The lowest BCUT2D eigenvalue weighted by atomic mass is 10.1. The standard InChI is InChI=1S/C20H20FN5O6/c21-13-7-11(18(29)24-14(20(31)32)3-4-16(27)28)2-1-10(13)5-6-26-9-23-17-12(19(26)30)8-15(22)25-17/h1-2,7-9,14,25H,3-6,22H2,(H,24,29)(H,27,28)(H,31,32)/t14-/m0/s1. The Balaban J connectivity index is 1.69. The number of H-pyrrole nitrogens is 1. The third-order valence-corrected chi connectivity index (χ3v) is 4.82. The van der Waals surface area contributed by atoms with Crippen LogP contribution in [0, 0.1) is 5.82 Å². The number of carboxylic acid groups (broad SMARTS) is 2. The van der Waals surface area contributed by atoms with Crippen molar-refractivity contribution in [3.63, 3.8) is 0 Å². The third kappa shape index (κ3) is 5.09. The number of nitrogen functional groups attached to an aromatic ring is 1. The van der Waals surface area contributed by atoms with Crippen LogP contribution in [0.2, 0.25) is 0 Å². The Kier molecular flexibility index (Phi) is 6.52. The van der Waals surface area contributed by atoms with E-state index >= 15 is 0 Å². The second-order valence-corrected chi connectivity index (χ2v) is 7.08. The molecular weight excluding hydrogens is 425 g/mol. The number of benzene rings is 1. The minimum absolute atomic E-state index is 0.115. The van der Waals surface area contributed by atoms with Crippen molar-refractivity contribution in [3.05, 3.63) is 57.9 Å². The molecule has 12 heteroatoms. The molecule has 0 spiro atoms. The van der Waals surface area contributed by atoms with Gasteiger partial charge in [-0.25, -0.2) is 14.2 Å². The number of anilines is 1. The Bertz CT molecular complexity index is 1250. The molecule has 0 unspecified atom stereocenters. The highest BCUT2D eigenvalue weighted by Gasteiger charge is 2.22. The van der Waals surface area contributed by atoms with E-state index in [2.05, 4.69) is 15.3 Å². The van der Waals surface area contributed by atoms with Crippen LogP contribution in [0.4, 0.5) is 10.2 Å². The average molecular weight is 445 g/mol. The van der Waals surface area contributed by atoms with Crippen molar-refractivity contribution in [2.24, 2.45) is 0 Å². The van der Waals surface area contributed by atoms with Crippen molar-refractivity contribution < 1.29 is 29.0 Å². The van der Waals surface area contributed by atoms with E-state index in [1.165, 1.54) is 29.1 Å². The number of carbonyl (C=O) groups excluding carboxylic acids is 1. The molecule has 1 aromatic carbocycles. The number of hydrogen-bond acceptors (Lipinski definition) is 6. The van der Waals surface area contributed by atoms with E-state index in [1.54, 1.807) is 0 Å². The SMILES string of the molecule is Nc1cc2c(=O)n(CCc3ccc(C(=O)N[C@@H](CCC(=O)O)C(=O)O)cc3F)cnc2[nH]1. The molecule has 32 heavy (non-hydrogen) atoms. The molecule has 6 N–H and O–H groups in total. The van der Waals surface area contributed by atoms with Gasteiger partial charge in [0.1, 0.15) is 23.3 Å². The van der Waals surface area contributed by atoms with Gasteiger partial charge in [-0.3, -0.25) is 19.0 Å². The van der Waals surface area contributed by atoms with E-state index < -0.39 is 36.1 Å². The van der Waals surface area contributed by atoms with Crippen molar-refractivity contribution in [3.8, 4) is 0 Å². The molecule has 3 aromatic rings.